The Morgan fingerprint density at radius 2 is 1.77 bits per heavy atom. The van der Waals surface area contributed by atoms with Gasteiger partial charge in [-0.05, 0) is 37.0 Å². The maximum atomic E-state index is 13.4. The average molecular weight is 541 g/mol. The van der Waals surface area contributed by atoms with Gasteiger partial charge in [0.05, 0.1) is 16.5 Å². The zero-order valence-electron chi connectivity index (χ0n) is 20.0. The second-order valence-electron chi connectivity index (χ2n) is 9.32. The van der Waals surface area contributed by atoms with Gasteiger partial charge in [0.25, 0.3) is 10.0 Å². The molecule has 0 radical (unpaired) electrons. The van der Waals surface area contributed by atoms with Gasteiger partial charge in [-0.3, -0.25) is 4.79 Å². The summed E-state index contributed by atoms with van der Waals surface area (Å²) in [6.07, 6.45) is 6.22. The minimum absolute atomic E-state index is 0.152. The third-order valence-corrected chi connectivity index (χ3v) is 11.4. The zero-order chi connectivity index (χ0) is 25.2. The van der Waals surface area contributed by atoms with Gasteiger partial charge in [0.2, 0.25) is 5.91 Å². The van der Waals surface area contributed by atoms with Crippen LogP contribution in [0.15, 0.2) is 33.4 Å². The lowest BCUT2D eigenvalue weighted by Crippen LogP contribution is -2.46. The first kappa shape index (κ1) is 26.2. The van der Waals surface area contributed by atoms with Crippen molar-refractivity contribution >= 4 is 42.2 Å². The third-order valence-electron chi connectivity index (χ3n) is 6.71. The van der Waals surface area contributed by atoms with Crippen LogP contribution in [0.1, 0.15) is 49.3 Å². The molecule has 1 aromatic heterocycles. The van der Waals surface area contributed by atoms with Crippen molar-refractivity contribution in [3.63, 3.8) is 0 Å². The quantitative estimate of drug-likeness (QED) is 0.527. The number of carbonyl (C=O) groups excluding carboxylic acids is 1. The van der Waals surface area contributed by atoms with Crippen LogP contribution < -0.4 is 10.6 Å². The molecule has 0 unspecified atom stereocenters. The predicted molar refractivity (Wildman–Crippen MR) is 136 cm³/mol. The summed E-state index contributed by atoms with van der Waals surface area (Å²) in [5, 5.41) is 6.25. The summed E-state index contributed by atoms with van der Waals surface area (Å²) in [4.78, 5) is 18.0. The number of hydrogen-bond acceptors (Lipinski definition) is 8. The Bertz CT molecular complexity index is 1260. The van der Waals surface area contributed by atoms with E-state index in [1.165, 1.54) is 16.4 Å². The van der Waals surface area contributed by atoms with E-state index in [9.17, 15) is 21.6 Å². The molecule has 4 rings (SSSR count). The van der Waals surface area contributed by atoms with E-state index in [2.05, 4.69) is 15.6 Å². The average Bonchev–Trinajstić information content (AvgIpc) is 3.47. The van der Waals surface area contributed by atoms with Crippen molar-refractivity contribution in [1.82, 2.24) is 14.6 Å². The van der Waals surface area contributed by atoms with Crippen LogP contribution >= 0.6 is 11.3 Å². The van der Waals surface area contributed by atoms with Crippen LogP contribution in [0.25, 0.3) is 0 Å². The fourth-order valence-electron chi connectivity index (χ4n) is 4.79. The molecule has 2 aromatic rings. The minimum atomic E-state index is -3.68. The first-order valence-electron chi connectivity index (χ1n) is 11.8. The molecule has 2 aliphatic rings. The van der Waals surface area contributed by atoms with Crippen molar-refractivity contribution < 1.29 is 21.6 Å². The summed E-state index contributed by atoms with van der Waals surface area (Å²) in [7, 11) is -7.01. The van der Waals surface area contributed by atoms with Gasteiger partial charge in [0, 0.05) is 32.4 Å². The second kappa shape index (κ2) is 10.6. The predicted octanol–water partition coefficient (Wildman–Crippen LogP) is 2.75. The molecule has 192 valence electrons. The number of amides is 1. The first-order valence-corrected chi connectivity index (χ1v) is 16.0. The van der Waals surface area contributed by atoms with Gasteiger partial charge < -0.3 is 10.6 Å². The molecule has 2 N–H and O–H groups in total. The summed E-state index contributed by atoms with van der Waals surface area (Å²) in [5.74, 6) is -0.324. The van der Waals surface area contributed by atoms with Crippen molar-refractivity contribution in [2.24, 2.45) is 5.92 Å². The molecular formula is C23H32N4O5S3. The summed E-state index contributed by atoms with van der Waals surface area (Å²) in [6, 6.07) is 6.46. The van der Waals surface area contributed by atoms with Gasteiger partial charge in [0.1, 0.15) is 0 Å². The molecule has 1 atom stereocenters. The molecule has 1 saturated carbocycles. The Labute approximate surface area is 211 Å². The number of benzene rings is 1. The number of nitrogens with one attached hydrogen (secondary N) is 2. The smallest absolute Gasteiger partial charge is 0.254 e. The topological polar surface area (TPSA) is 126 Å². The summed E-state index contributed by atoms with van der Waals surface area (Å²) in [6.45, 7) is 3.63. The van der Waals surface area contributed by atoms with E-state index in [-0.39, 0.29) is 20.1 Å². The van der Waals surface area contributed by atoms with Gasteiger partial charge in [-0.1, -0.05) is 49.2 Å². The fourth-order valence-corrected chi connectivity index (χ4v) is 8.42. The minimum Gasteiger partial charge on any atom is -0.314 e. The summed E-state index contributed by atoms with van der Waals surface area (Å²) < 4.78 is 51.5. The van der Waals surface area contributed by atoms with Crippen molar-refractivity contribution in [3.8, 4) is 0 Å². The fraction of sp³-hybridized carbons (Fsp3) is 0.565. The second-order valence-corrected chi connectivity index (χ2v) is 14.5. The van der Waals surface area contributed by atoms with E-state index >= 15 is 0 Å². The number of carbonyl (C=O) groups is 1. The van der Waals surface area contributed by atoms with Crippen molar-refractivity contribution in [3.05, 3.63) is 35.5 Å². The number of hydrogen-bond donors (Lipinski definition) is 2. The molecule has 0 spiro atoms. The lowest BCUT2D eigenvalue weighted by molar-refractivity contribution is -0.118. The maximum absolute atomic E-state index is 13.4. The molecule has 2 heterocycles. The standard InChI is InChI=1S/C23H32N4O5S3/c1-16-22(35(31,32)27-13-11-24-12-14-27)33-23(25-16)26-21(28)20(15-17-5-3-4-6-17)18-7-9-19(10-8-18)34(2,29)30/h7-10,17,20,24H,3-6,11-15H2,1-2H3,(H,25,26,28)/t20-/m0/s1. The highest BCUT2D eigenvalue weighted by molar-refractivity contribution is 7.91. The van der Waals surface area contributed by atoms with Crippen LogP contribution in [-0.4, -0.2) is 64.5 Å². The van der Waals surface area contributed by atoms with Crippen LogP contribution in [0.5, 0.6) is 0 Å². The highest BCUT2D eigenvalue weighted by Gasteiger charge is 2.32. The van der Waals surface area contributed by atoms with E-state index in [1.807, 2.05) is 0 Å². The lowest BCUT2D eigenvalue weighted by atomic mass is 9.87. The normalized spacial score (nSPS) is 19.0. The summed E-state index contributed by atoms with van der Waals surface area (Å²) >= 11 is 0.977. The van der Waals surface area contributed by atoms with Crippen molar-refractivity contribution in [1.29, 1.82) is 0 Å². The SMILES string of the molecule is Cc1nc(NC(=O)[C@@H](CC2CCCC2)c2ccc(S(C)(=O)=O)cc2)sc1S(=O)(=O)N1CCNCC1. The molecule has 1 aliphatic carbocycles. The highest BCUT2D eigenvalue weighted by atomic mass is 32.2. The number of sulfone groups is 1. The molecule has 35 heavy (non-hydrogen) atoms. The van der Waals surface area contributed by atoms with E-state index in [0.29, 0.717) is 44.2 Å². The number of aromatic nitrogens is 1. The van der Waals surface area contributed by atoms with E-state index < -0.39 is 25.8 Å². The van der Waals surface area contributed by atoms with Crippen molar-refractivity contribution in [2.45, 2.75) is 54.1 Å². The zero-order valence-corrected chi connectivity index (χ0v) is 22.4. The molecule has 1 saturated heterocycles. The lowest BCUT2D eigenvalue weighted by Gasteiger charge is -2.26. The highest BCUT2D eigenvalue weighted by Crippen LogP contribution is 2.36. The monoisotopic (exact) mass is 540 g/mol. The van der Waals surface area contributed by atoms with Gasteiger partial charge >= 0.3 is 0 Å². The molecule has 0 bridgehead atoms. The first-order chi connectivity index (χ1) is 16.6. The van der Waals surface area contributed by atoms with Crippen molar-refractivity contribution in [2.75, 3.05) is 37.8 Å². The van der Waals surface area contributed by atoms with Crippen LogP contribution in [0, 0.1) is 12.8 Å². The molecule has 1 aromatic carbocycles. The Balaban J connectivity index is 1.56. The Kier molecular flexibility index (Phi) is 7.96. The molecular weight excluding hydrogens is 508 g/mol. The molecule has 1 aliphatic heterocycles. The number of thiazole rings is 1. The van der Waals surface area contributed by atoms with Crippen LogP contribution in [0.2, 0.25) is 0 Å². The number of aryl methyl sites for hydroxylation is 1. The van der Waals surface area contributed by atoms with E-state index in [1.54, 1.807) is 19.1 Å². The molecule has 12 heteroatoms. The van der Waals surface area contributed by atoms with Crippen LogP contribution in [-0.2, 0) is 24.7 Å². The van der Waals surface area contributed by atoms with Gasteiger partial charge in [0.15, 0.2) is 19.2 Å². The molecule has 9 nitrogen and oxygen atoms in total. The van der Waals surface area contributed by atoms with Gasteiger partial charge in [-0.2, -0.15) is 4.31 Å². The van der Waals surface area contributed by atoms with E-state index in [0.717, 1.165) is 48.8 Å². The van der Waals surface area contributed by atoms with Gasteiger partial charge in [-0.25, -0.2) is 21.8 Å². The number of rotatable bonds is 8. The number of nitrogens with zero attached hydrogens (tertiary/aromatic N) is 2. The number of anilines is 1. The molecule has 2 fully saturated rings. The Hall–Kier alpha value is -1.86. The Morgan fingerprint density at radius 1 is 1.14 bits per heavy atom. The number of piperazine rings is 1. The summed E-state index contributed by atoms with van der Waals surface area (Å²) in [5.41, 5.74) is 1.11. The number of sulfonamides is 1. The Morgan fingerprint density at radius 3 is 2.37 bits per heavy atom. The molecule has 1 amide bonds. The van der Waals surface area contributed by atoms with Gasteiger partial charge in [-0.15, -0.1) is 0 Å². The largest absolute Gasteiger partial charge is 0.314 e. The van der Waals surface area contributed by atoms with Crippen LogP contribution in [0.3, 0.4) is 0 Å². The van der Waals surface area contributed by atoms with E-state index in [4.69, 9.17) is 0 Å². The third kappa shape index (κ3) is 6.11. The maximum Gasteiger partial charge on any atom is 0.254 e. The van der Waals surface area contributed by atoms with Crippen LogP contribution in [0.4, 0.5) is 5.13 Å².